The molecule has 2 aromatic heterocycles. The molecule has 308 valence electrons. The summed E-state index contributed by atoms with van der Waals surface area (Å²) in [6, 6.07) is 20.7. The molecule has 17 heteroatoms. The first-order valence-electron chi connectivity index (χ1n) is 19.6. The summed E-state index contributed by atoms with van der Waals surface area (Å²) in [5, 5.41) is 63.1. The molecule has 6 rings (SSSR count). The van der Waals surface area contributed by atoms with E-state index in [4.69, 9.17) is 14.9 Å². The van der Waals surface area contributed by atoms with Crippen LogP contribution in [0, 0.1) is 10.1 Å². The number of amides is 1. The number of hydrogen-bond donors (Lipinski definition) is 4. The lowest BCUT2D eigenvalue weighted by Gasteiger charge is -2.16. The Balaban J connectivity index is 1.41. The molecule has 2 heterocycles. The number of nitrogens with one attached hydrogen (secondary N) is 1. The van der Waals surface area contributed by atoms with Crippen molar-refractivity contribution in [2.75, 3.05) is 6.54 Å². The number of non-ortho nitro benzene ring substituents is 1. The third-order valence-corrected chi connectivity index (χ3v) is 10.7. The van der Waals surface area contributed by atoms with Crippen LogP contribution < -0.4 is 10.1 Å². The highest BCUT2D eigenvalue weighted by molar-refractivity contribution is 7.98. The first-order chi connectivity index (χ1) is 28.6. The summed E-state index contributed by atoms with van der Waals surface area (Å²) in [6.45, 7) is 2.05. The van der Waals surface area contributed by atoms with Crippen LogP contribution >= 0.6 is 11.8 Å². The van der Waals surface area contributed by atoms with E-state index in [2.05, 4.69) is 27.8 Å². The molecule has 0 aliphatic heterocycles. The maximum atomic E-state index is 13.4. The minimum absolute atomic E-state index is 0.0975. The number of unbranched alkanes of at least 4 members (excludes halogenated alkanes) is 8. The molecular formula is C42H46N8O8S. The van der Waals surface area contributed by atoms with Crippen molar-refractivity contribution in [2.24, 2.45) is 0 Å². The summed E-state index contributed by atoms with van der Waals surface area (Å²) in [5.74, 6) is -1.23. The first kappa shape index (κ1) is 42.1. The number of rotatable bonds is 22. The Morgan fingerprint density at radius 1 is 0.864 bits per heavy atom. The molecule has 0 spiro atoms. The van der Waals surface area contributed by atoms with Crippen LogP contribution in [0.3, 0.4) is 0 Å². The van der Waals surface area contributed by atoms with Crippen LogP contribution in [0.5, 0.6) is 23.1 Å². The summed E-state index contributed by atoms with van der Waals surface area (Å²) >= 11 is 1.33. The second-order valence-electron chi connectivity index (χ2n) is 14.0. The molecular weight excluding hydrogens is 777 g/mol. The Kier molecular flexibility index (Phi) is 14.5. The summed E-state index contributed by atoms with van der Waals surface area (Å²) in [4.78, 5) is 35.6. The third kappa shape index (κ3) is 10.7. The number of carboxylic acids is 1. The minimum Gasteiger partial charge on any atom is -0.508 e. The van der Waals surface area contributed by atoms with E-state index in [0.717, 1.165) is 31.4 Å². The van der Waals surface area contributed by atoms with Gasteiger partial charge in [-0.05, 0) is 65.7 Å². The van der Waals surface area contributed by atoms with Gasteiger partial charge in [0.15, 0.2) is 0 Å². The molecule has 4 aromatic carbocycles. The van der Waals surface area contributed by atoms with Crippen molar-refractivity contribution in [3.05, 3.63) is 106 Å². The van der Waals surface area contributed by atoms with Gasteiger partial charge in [0.25, 0.3) is 11.6 Å². The molecule has 0 fully saturated rings. The number of phenols is 2. The van der Waals surface area contributed by atoms with Crippen molar-refractivity contribution in [2.45, 2.75) is 88.5 Å². The number of carbonyl (C=O) groups is 2. The van der Waals surface area contributed by atoms with Crippen LogP contribution in [-0.4, -0.2) is 68.7 Å². The molecule has 1 amide bonds. The zero-order chi connectivity index (χ0) is 41.7. The zero-order valence-electron chi connectivity index (χ0n) is 32.6. The Morgan fingerprint density at radius 2 is 1.51 bits per heavy atom. The second-order valence-corrected chi connectivity index (χ2v) is 14.9. The van der Waals surface area contributed by atoms with Gasteiger partial charge >= 0.3 is 5.97 Å². The number of tetrazole rings is 1. The average Bonchev–Trinajstić information content (AvgIpc) is 3.84. The van der Waals surface area contributed by atoms with Crippen molar-refractivity contribution < 1.29 is 34.6 Å². The highest BCUT2D eigenvalue weighted by atomic mass is 32.2. The maximum Gasteiger partial charge on any atom is 0.305 e. The number of aromatic nitrogens is 6. The highest BCUT2D eigenvalue weighted by Crippen LogP contribution is 2.42. The summed E-state index contributed by atoms with van der Waals surface area (Å²) < 4.78 is 9.96. The molecule has 0 unspecified atom stereocenters. The molecule has 16 nitrogen and oxygen atoms in total. The van der Waals surface area contributed by atoms with E-state index in [1.165, 1.54) is 74.2 Å². The minimum atomic E-state index is -1.09. The monoisotopic (exact) mass is 822 g/mol. The first-order valence-corrected chi connectivity index (χ1v) is 20.6. The lowest BCUT2D eigenvalue weighted by Crippen LogP contribution is -2.26. The molecule has 0 saturated heterocycles. The quantitative estimate of drug-likeness (QED) is 0.0218. The van der Waals surface area contributed by atoms with Gasteiger partial charge in [-0.1, -0.05) is 94.3 Å². The smallest absolute Gasteiger partial charge is 0.305 e. The topological polar surface area (TPSA) is 221 Å². The fourth-order valence-corrected chi connectivity index (χ4v) is 7.57. The number of aryl methyl sites for hydroxylation is 1. The Morgan fingerprint density at radius 3 is 2.19 bits per heavy atom. The van der Waals surface area contributed by atoms with Gasteiger partial charge in [0, 0.05) is 40.8 Å². The summed E-state index contributed by atoms with van der Waals surface area (Å²) in [7, 11) is 0. The lowest BCUT2D eigenvalue weighted by molar-refractivity contribution is -0.384. The average molecular weight is 823 g/mol. The number of carbonyl (C=O) groups excluding carboxylic acids is 1. The van der Waals surface area contributed by atoms with Gasteiger partial charge in [-0.25, -0.2) is 4.68 Å². The summed E-state index contributed by atoms with van der Waals surface area (Å²) in [5.41, 5.74) is 2.32. The SMILES string of the molecule is CCCCCCCCCCCc1nn(-c2ccc([N+](=O)[O-])cc2)c(Oc2cc(C(=O)NCCC(=O)O)c(O)c3ccccc23)c1CSc1nnnn1-c1ccc(O)cc1. The number of fused-ring (bicyclic) bond motifs is 1. The van der Waals surface area contributed by atoms with Gasteiger partial charge in [-0.3, -0.25) is 19.7 Å². The van der Waals surface area contributed by atoms with Gasteiger partial charge in [0.05, 0.1) is 34.0 Å². The molecule has 6 aromatic rings. The van der Waals surface area contributed by atoms with E-state index < -0.39 is 16.8 Å². The largest absolute Gasteiger partial charge is 0.508 e. The van der Waals surface area contributed by atoms with E-state index in [1.54, 1.807) is 57.9 Å². The van der Waals surface area contributed by atoms with Crippen molar-refractivity contribution in [1.29, 1.82) is 0 Å². The van der Waals surface area contributed by atoms with Crippen LogP contribution in [0.1, 0.15) is 92.7 Å². The standard InChI is InChI=1S/C42H46N8O8S/c1-2-3-4-5-6-7-8-9-10-15-36-35(27-59-42-44-46-47-49(42)29-20-22-31(51)23-21-29)41(48(45-36)28-16-18-30(19-17-28)50(56)57)58-37-26-34(40(55)43-25-24-38(52)53)39(54)33-14-12-11-13-32(33)37/h11-14,16-23,26,51,54H,2-10,15,24-25,27H2,1H3,(H,43,55)(H,52,53). The number of ether oxygens (including phenoxy) is 1. The number of nitro benzene ring substituents is 1. The predicted octanol–water partition coefficient (Wildman–Crippen LogP) is 8.68. The molecule has 0 aliphatic rings. The number of hydrogen-bond acceptors (Lipinski definition) is 12. The van der Waals surface area contributed by atoms with Gasteiger partial charge in [-0.15, -0.1) is 5.10 Å². The van der Waals surface area contributed by atoms with E-state index >= 15 is 0 Å². The Bertz CT molecular complexity index is 2380. The Hall–Kier alpha value is -6.49. The third-order valence-electron chi connectivity index (χ3n) is 9.78. The molecule has 0 saturated carbocycles. The number of aliphatic carboxylic acids is 1. The van der Waals surface area contributed by atoms with E-state index in [1.807, 2.05) is 0 Å². The zero-order valence-corrected chi connectivity index (χ0v) is 33.4. The molecule has 59 heavy (non-hydrogen) atoms. The van der Waals surface area contributed by atoms with Crippen molar-refractivity contribution in [1.82, 2.24) is 35.3 Å². The number of benzene rings is 4. The van der Waals surface area contributed by atoms with Gasteiger partial charge in [-0.2, -0.15) is 9.78 Å². The van der Waals surface area contributed by atoms with Crippen LogP contribution in [-0.2, 0) is 17.0 Å². The van der Waals surface area contributed by atoms with E-state index in [0.29, 0.717) is 39.3 Å². The fraction of sp³-hybridized carbons (Fsp3) is 0.333. The molecule has 0 atom stereocenters. The lowest BCUT2D eigenvalue weighted by atomic mass is 10.0. The molecule has 0 aliphatic carbocycles. The number of aromatic hydroxyl groups is 2. The Labute approximate surface area is 344 Å². The second kappa shape index (κ2) is 20.3. The van der Waals surface area contributed by atoms with Gasteiger partial charge in [0.1, 0.15) is 17.2 Å². The summed E-state index contributed by atoms with van der Waals surface area (Å²) in [6.07, 6.45) is 10.5. The van der Waals surface area contributed by atoms with Crippen LogP contribution in [0.2, 0.25) is 0 Å². The van der Waals surface area contributed by atoms with Crippen molar-refractivity contribution in [3.8, 4) is 34.5 Å². The fourth-order valence-electron chi connectivity index (χ4n) is 6.65. The molecule has 0 bridgehead atoms. The van der Waals surface area contributed by atoms with E-state index in [9.17, 15) is 29.9 Å². The molecule has 4 N–H and O–H groups in total. The normalized spacial score (nSPS) is 11.2. The van der Waals surface area contributed by atoms with Crippen LogP contribution in [0.25, 0.3) is 22.1 Å². The van der Waals surface area contributed by atoms with Gasteiger partial charge < -0.3 is 25.4 Å². The number of phenolic OH excluding ortho intramolecular Hbond substituents is 2. The number of carboxylic acid groups (broad SMARTS) is 1. The predicted molar refractivity (Wildman–Crippen MR) is 222 cm³/mol. The van der Waals surface area contributed by atoms with Crippen LogP contribution in [0.4, 0.5) is 5.69 Å². The van der Waals surface area contributed by atoms with Crippen LogP contribution in [0.15, 0.2) is 84.0 Å². The van der Waals surface area contributed by atoms with Crippen molar-refractivity contribution in [3.63, 3.8) is 0 Å². The van der Waals surface area contributed by atoms with Gasteiger partial charge in [0.2, 0.25) is 11.0 Å². The highest BCUT2D eigenvalue weighted by Gasteiger charge is 2.26. The van der Waals surface area contributed by atoms with Crippen molar-refractivity contribution >= 4 is 40.1 Å². The maximum absolute atomic E-state index is 13.4. The molecule has 0 radical (unpaired) electrons. The van der Waals surface area contributed by atoms with E-state index in [-0.39, 0.29) is 53.1 Å². The number of nitro groups is 1. The number of thioether (sulfide) groups is 1. The number of nitrogens with zero attached hydrogens (tertiary/aromatic N) is 7.